The molecule has 132 valence electrons. The summed E-state index contributed by atoms with van der Waals surface area (Å²) in [5.41, 5.74) is 2.47. The van der Waals surface area contributed by atoms with E-state index in [0.717, 1.165) is 11.1 Å². The SMILES string of the molecule is Cc1cccc(N2C(=O)C3SC=CC3N(Cc3ccccc3Cl)C2=O)c1. The van der Waals surface area contributed by atoms with E-state index in [1.807, 2.05) is 60.9 Å². The summed E-state index contributed by atoms with van der Waals surface area (Å²) in [5, 5.41) is 2.20. The van der Waals surface area contributed by atoms with E-state index in [-0.39, 0.29) is 23.2 Å². The molecule has 3 amide bonds. The molecule has 0 spiro atoms. The second-order valence-electron chi connectivity index (χ2n) is 6.39. The summed E-state index contributed by atoms with van der Waals surface area (Å²) in [6.07, 6.45) is 1.93. The van der Waals surface area contributed by atoms with Gasteiger partial charge in [0.15, 0.2) is 0 Å². The van der Waals surface area contributed by atoms with Crippen LogP contribution in [0.5, 0.6) is 0 Å². The maximum absolute atomic E-state index is 13.3. The molecule has 0 aromatic heterocycles. The number of carbonyl (C=O) groups is 2. The molecule has 0 saturated carbocycles. The van der Waals surface area contributed by atoms with Crippen molar-refractivity contribution in [3.8, 4) is 0 Å². The van der Waals surface area contributed by atoms with Crippen LogP contribution in [0.4, 0.5) is 10.5 Å². The van der Waals surface area contributed by atoms with E-state index in [1.165, 1.54) is 16.7 Å². The normalized spacial score (nSPS) is 22.1. The van der Waals surface area contributed by atoms with Crippen molar-refractivity contribution in [1.29, 1.82) is 0 Å². The number of imide groups is 1. The molecule has 4 nitrogen and oxygen atoms in total. The summed E-state index contributed by atoms with van der Waals surface area (Å²) in [6.45, 7) is 2.30. The number of aryl methyl sites for hydroxylation is 1. The predicted molar refractivity (Wildman–Crippen MR) is 105 cm³/mol. The molecule has 0 radical (unpaired) electrons. The van der Waals surface area contributed by atoms with Crippen molar-refractivity contribution in [2.24, 2.45) is 0 Å². The van der Waals surface area contributed by atoms with Gasteiger partial charge in [-0.15, -0.1) is 11.8 Å². The van der Waals surface area contributed by atoms with Gasteiger partial charge < -0.3 is 4.90 Å². The number of hydrogen-bond acceptors (Lipinski definition) is 3. The molecule has 2 aliphatic rings. The number of anilines is 1. The van der Waals surface area contributed by atoms with Crippen molar-refractivity contribution in [3.05, 3.63) is 76.2 Å². The van der Waals surface area contributed by atoms with Gasteiger partial charge in [-0.1, -0.05) is 48.0 Å². The Morgan fingerprint density at radius 1 is 1.12 bits per heavy atom. The highest BCUT2D eigenvalue weighted by molar-refractivity contribution is 8.03. The van der Waals surface area contributed by atoms with E-state index in [4.69, 9.17) is 11.6 Å². The van der Waals surface area contributed by atoms with Crippen molar-refractivity contribution < 1.29 is 9.59 Å². The maximum Gasteiger partial charge on any atom is 0.332 e. The minimum absolute atomic E-state index is 0.170. The smallest absolute Gasteiger partial charge is 0.311 e. The maximum atomic E-state index is 13.3. The first-order chi connectivity index (χ1) is 12.6. The van der Waals surface area contributed by atoms with E-state index < -0.39 is 0 Å². The van der Waals surface area contributed by atoms with Crippen LogP contribution in [0.1, 0.15) is 11.1 Å². The number of thioether (sulfide) groups is 1. The Morgan fingerprint density at radius 3 is 2.69 bits per heavy atom. The number of nitrogens with zero attached hydrogens (tertiary/aromatic N) is 2. The van der Waals surface area contributed by atoms with Crippen LogP contribution in [0.25, 0.3) is 0 Å². The Balaban J connectivity index is 1.73. The summed E-state index contributed by atoms with van der Waals surface area (Å²) in [4.78, 5) is 29.3. The van der Waals surface area contributed by atoms with Crippen LogP contribution in [0, 0.1) is 6.92 Å². The van der Waals surface area contributed by atoms with Crippen LogP contribution in [0.2, 0.25) is 5.02 Å². The Hall–Kier alpha value is -2.24. The predicted octanol–water partition coefficient (Wildman–Crippen LogP) is 4.61. The lowest BCUT2D eigenvalue weighted by atomic mass is 10.1. The molecule has 26 heavy (non-hydrogen) atoms. The molecule has 0 bridgehead atoms. The zero-order valence-electron chi connectivity index (χ0n) is 14.1. The Kier molecular flexibility index (Phi) is 4.51. The molecular weight excluding hydrogens is 368 g/mol. The Morgan fingerprint density at radius 2 is 1.92 bits per heavy atom. The first kappa shape index (κ1) is 17.2. The lowest BCUT2D eigenvalue weighted by molar-refractivity contribution is -0.119. The molecule has 1 fully saturated rings. The lowest BCUT2D eigenvalue weighted by Gasteiger charge is -2.41. The molecule has 0 N–H and O–H groups in total. The summed E-state index contributed by atoms with van der Waals surface area (Å²) >= 11 is 7.75. The third-order valence-electron chi connectivity index (χ3n) is 4.63. The minimum Gasteiger partial charge on any atom is -0.311 e. The summed E-state index contributed by atoms with van der Waals surface area (Å²) < 4.78 is 0. The highest BCUT2D eigenvalue weighted by Gasteiger charge is 2.47. The third kappa shape index (κ3) is 2.91. The molecule has 1 saturated heterocycles. The molecule has 2 aromatic carbocycles. The van der Waals surface area contributed by atoms with Crippen molar-refractivity contribution >= 4 is 41.0 Å². The topological polar surface area (TPSA) is 40.6 Å². The molecule has 6 heteroatoms. The fourth-order valence-electron chi connectivity index (χ4n) is 3.33. The Bertz CT molecular complexity index is 914. The molecule has 2 atom stereocenters. The van der Waals surface area contributed by atoms with Crippen LogP contribution < -0.4 is 4.90 Å². The fourth-order valence-corrected chi connectivity index (χ4v) is 4.57. The molecule has 4 rings (SSSR count). The molecule has 0 aliphatic carbocycles. The van der Waals surface area contributed by atoms with Gasteiger partial charge in [0.2, 0.25) is 0 Å². The number of halogens is 1. The summed E-state index contributed by atoms with van der Waals surface area (Å²) in [5.74, 6) is -0.170. The number of hydrogen-bond donors (Lipinski definition) is 0. The monoisotopic (exact) mass is 384 g/mol. The second-order valence-corrected chi connectivity index (χ2v) is 7.85. The van der Waals surface area contributed by atoms with E-state index in [9.17, 15) is 9.59 Å². The first-order valence-electron chi connectivity index (χ1n) is 8.33. The lowest BCUT2D eigenvalue weighted by Crippen LogP contribution is -2.61. The first-order valence-corrected chi connectivity index (χ1v) is 9.65. The van der Waals surface area contributed by atoms with Gasteiger partial charge in [-0.25, -0.2) is 9.69 Å². The average molecular weight is 385 g/mol. The largest absolute Gasteiger partial charge is 0.332 e. The van der Waals surface area contributed by atoms with Gasteiger partial charge in [-0.2, -0.15) is 0 Å². The number of urea groups is 1. The average Bonchev–Trinajstić information content (AvgIpc) is 3.10. The zero-order valence-corrected chi connectivity index (χ0v) is 15.7. The number of carbonyl (C=O) groups excluding carboxylic acids is 2. The van der Waals surface area contributed by atoms with Crippen LogP contribution in [0.3, 0.4) is 0 Å². The van der Waals surface area contributed by atoms with Crippen molar-refractivity contribution in [1.82, 2.24) is 4.90 Å². The van der Waals surface area contributed by atoms with Crippen molar-refractivity contribution in [3.63, 3.8) is 0 Å². The van der Waals surface area contributed by atoms with E-state index >= 15 is 0 Å². The Labute approximate surface area is 161 Å². The van der Waals surface area contributed by atoms with Gasteiger partial charge >= 0.3 is 6.03 Å². The van der Waals surface area contributed by atoms with Crippen LogP contribution in [-0.4, -0.2) is 28.1 Å². The third-order valence-corrected chi connectivity index (χ3v) is 6.09. The van der Waals surface area contributed by atoms with Crippen molar-refractivity contribution in [2.75, 3.05) is 4.90 Å². The van der Waals surface area contributed by atoms with Gasteiger partial charge in [0.1, 0.15) is 5.25 Å². The second kappa shape index (κ2) is 6.82. The van der Waals surface area contributed by atoms with E-state index in [1.54, 1.807) is 11.0 Å². The molecule has 2 aliphatic heterocycles. The van der Waals surface area contributed by atoms with Gasteiger partial charge in [0.25, 0.3) is 5.91 Å². The van der Waals surface area contributed by atoms with E-state index in [0.29, 0.717) is 17.3 Å². The number of amides is 3. The summed E-state index contributed by atoms with van der Waals surface area (Å²) in [6, 6.07) is 14.4. The van der Waals surface area contributed by atoms with Gasteiger partial charge in [0, 0.05) is 11.6 Å². The van der Waals surface area contributed by atoms with E-state index in [2.05, 4.69) is 0 Å². The van der Waals surface area contributed by atoms with Crippen LogP contribution in [-0.2, 0) is 11.3 Å². The quantitative estimate of drug-likeness (QED) is 0.775. The van der Waals surface area contributed by atoms with Gasteiger partial charge in [0.05, 0.1) is 11.7 Å². The van der Waals surface area contributed by atoms with Crippen LogP contribution in [0.15, 0.2) is 60.0 Å². The van der Waals surface area contributed by atoms with Gasteiger partial charge in [-0.05, 0) is 41.7 Å². The molecule has 2 heterocycles. The number of fused-ring (bicyclic) bond motifs is 1. The molecular formula is C20H17ClN2O2S. The zero-order chi connectivity index (χ0) is 18.3. The summed E-state index contributed by atoms with van der Waals surface area (Å²) in [7, 11) is 0. The minimum atomic E-state index is -0.323. The fraction of sp³-hybridized carbons (Fsp3) is 0.200. The highest BCUT2D eigenvalue weighted by atomic mass is 35.5. The standard InChI is InChI=1S/C20H17ClN2O2S/c1-13-5-4-7-15(11-13)23-19(24)18-17(9-10-26-18)22(20(23)25)12-14-6-2-3-8-16(14)21/h2-11,17-18H,12H2,1H3. The van der Waals surface area contributed by atoms with Crippen molar-refractivity contribution in [2.45, 2.75) is 24.8 Å². The molecule has 2 aromatic rings. The number of rotatable bonds is 3. The van der Waals surface area contributed by atoms with Crippen LogP contribution >= 0.6 is 23.4 Å². The highest BCUT2D eigenvalue weighted by Crippen LogP contribution is 2.37. The van der Waals surface area contributed by atoms with Gasteiger partial charge in [-0.3, -0.25) is 4.79 Å². The molecule has 2 unspecified atom stereocenters. The number of benzene rings is 2.